The first kappa shape index (κ1) is 27.6. The number of anilines is 1. The third-order valence-electron chi connectivity index (χ3n) is 6.41. The molecule has 0 aliphatic carbocycles. The number of carbonyl (C=O) groups is 1. The fraction of sp³-hybridized carbons (Fsp3) is 0.345. The molecule has 1 N–H and O–H groups in total. The molecule has 3 heterocycles. The second-order valence-electron chi connectivity index (χ2n) is 10.5. The van der Waals surface area contributed by atoms with Crippen molar-refractivity contribution in [1.29, 1.82) is 0 Å². The van der Waals surface area contributed by atoms with Crippen molar-refractivity contribution in [1.82, 2.24) is 19.5 Å². The standard InChI is InChI=1S/C29H30ClF2N5O3/c1-29(2,3)40-28(38)36-14-12-18-7-4-5-8-19(18)15-25(36)33-27-34-26-21(9-6-13-37(26)35-27)22-16-20(30)10-11-23(22)39-17-24(31)32/h4-11,13,16,24-25H,12,14-15,17H2,1-3H3,(H,33,35). The van der Waals surface area contributed by atoms with E-state index in [0.29, 0.717) is 47.1 Å². The van der Waals surface area contributed by atoms with Crippen molar-refractivity contribution < 1.29 is 23.0 Å². The largest absolute Gasteiger partial charge is 0.487 e. The lowest BCUT2D eigenvalue weighted by Crippen LogP contribution is -2.48. The Morgan fingerprint density at radius 2 is 1.90 bits per heavy atom. The van der Waals surface area contributed by atoms with Gasteiger partial charge in [-0.05, 0) is 68.7 Å². The monoisotopic (exact) mass is 569 g/mol. The lowest BCUT2D eigenvalue weighted by molar-refractivity contribution is 0.0192. The number of nitrogens with zero attached hydrogens (tertiary/aromatic N) is 4. The third kappa shape index (κ3) is 6.28. The average molecular weight is 570 g/mol. The van der Waals surface area contributed by atoms with Gasteiger partial charge in [0, 0.05) is 35.3 Å². The van der Waals surface area contributed by atoms with Crippen molar-refractivity contribution in [3.63, 3.8) is 0 Å². The summed E-state index contributed by atoms with van der Waals surface area (Å²) in [4.78, 5) is 19.6. The summed E-state index contributed by atoms with van der Waals surface area (Å²) >= 11 is 6.25. The fourth-order valence-electron chi connectivity index (χ4n) is 4.70. The molecule has 2 aromatic heterocycles. The Hall–Kier alpha value is -3.92. The molecule has 210 valence electrons. The number of aromatic nitrogens is 3. The normalized spacial score (nSPS) is 15.6. The van der Waals surface area contributed by atoms with Gasteiger partial charge in [0.2, 0.25) is 5.95 Å². The highest BCUT2D eigenvalue weighted by Gasteiger charge is 2.32. The summed E-state index contributed by atoms with van der Waals surface area (Å²) < 4.78 is 38.5. The van der Waals surface area contributed by atoms with Gasteiger partial charge in [-0.15, -0.1) is 5.10 Å². The minimum atomic E-state index is -2.62. The maximum atomic E-state index is 13.2. The smallest absolute Gasteiger partial charge is 0.411 e. The van der Waals surface area contributed by atoms with Gasteiger partial charge in [-0.25, -0.2) is 18.1 Å². The zero-order valence-electron chi connectivity index (χ0n) is 22.4. The van der Waals surface area contributed by atoms with Gasteiger partial charge in [-0.2, -0.15) is 4.98 Å². The van der Waals surface area contributed by atoms with Crippen LogP contribution in [0, 0.1) is 0 Å². The molecule has 2 aromatic carbocycles. The van der Waals surface area contributed by atoms with Crippen LogP contribution in [0.3, 0.4) is 0 Å². The van der Waals surface area contributed by atoms with Crippen molar-refractivity contribution in [2.45, 2.75) is 51.8 Å². The van der Waals surface area contributed by atoms with Crippen LogP contribution in [-0.2, 0) is 17.6 Å². The van der Waals surface area contributed by atoms with Crippen LogP contribution in [0.5, 0.6) is 5.75 Å². The van der Waals surface area contributed by atoms with Crippen LogP contribution in [0.2, 0.25) is 5.02 Å². The molecule has 0 radical (unpaired) electrons. The van der Waals surface area contributed by atoms with E-state index in [-0.39, 0.29) is 5.75 Å². The first-order valence-electron chi connectivity index (χ1n) is 13.0. The molecule has 1 atom stereocenters. The number of ether oxygens (including phenoxy) is 2. The number of benzene rings is 2. The molecule has 1 aliphatic rings. The van der Waals surface area contributed by atoms with E-state index >= 15 is 0 Å². The fourth-order valence-corrected chi connectivity index (χ4v) is 4.87. The second-order valence-corrected chi connectivity index (χ2v) is 11.0. The highest BCUT2D eigenvalue weighted by atomic mass is 35.5. The number of pyridine rings is 1. The highest BCUT2D eigenvalue weighted by molar-refractivity contribution is 6.31. The second kappa shape index (κ2) is 11.3. The molecule has 0 saturated carbocycles. The first-order valence-corrected chi connectivity index (χ1v) is 13.3. The summed E-state index contributed by atoms with van der Waals surface area (Å²) in [5.41, 5.74) is 3.21. The molecule has 11 heteroatoms. The molecule has 0 bridgehead atoms. The van der Waals surface area contributed by atoms with Crippen molar-refractivity contribution >= 4 is 29.3 Å². The van der Waals surface area contributed by atoms with Gasteiger partial charge >= 0.3 is 6.09 Å². The van der Waals surface area contributed by atoms with E-state index in [1.165, 1.54) is 5.56 Å². The van der Waals surface area contributed by atoms with Crippen LogP contribution in [-0.4, -0.2) is 56.9 Å². The Morgan fingerprint density at radius 3 is 2.65 bits per heavy atom. The number of hydrogen-bond acceptors (Lipinski definition) is 6. The van der Waals surface area contributed by atoms with Gasteiger partial charge in [-0.1, -0.05) is 35.9 Å². The molecular weight excluding hydrogens is 540 g/mol. The number of fused-ring (bicyclic) bond motifs is 2. The minimum absolute atomic E-state index is 0.256. The van der Waals surface area contributed by atoms with Crippen molar-refractivity contribution in [2.24, 2.45) is 0 Å². The predicted molar refractivity (Wildman–Crippen MR) is 149 cm³/mol. The Kier molecular flexibility index (Phi) is 7.80. The van der Waals surface area contributed by atoms with E-state index in [0.717, 1.165) is 5.56 Å². The maximum absolute atomic E-state index is 13.2. The Labute approximate surface area is 235 Å². The zero-order chi connectivity index (χ0) is 28.4. The number of carbonyl (C=O) groups excluding carboxylic acids is 1. The quantitative estimate of drug-likeness (QED) is 0.287. The van der Waals surface area contributed by atoms with Gasteiger partial charge in [-0.3, -0.25) is 4.90 Å². The van der Waals surface area contributed by atoms with Gasteiger partial charge in [0.25, 0.3) is 6.43 Å². The molecule has 8 nitrogen and oxygen atoms in total. The van der Waals surface area contributed by atoms with Gasteiger partial charge < -0.3 is 14.8 Å². The van der Waals surface area contributed by atoms with Gasteiger partial charge in [0.15, 0.2) is 5.65 Å². The predicted octanol–water partition coefficient (Wildman–Crippen LogP) is 6.47. The average Bonchev–Trinajstić information content (AvgIpc) is 3.20. The third-order valence-corrected chi connectivity index (χ3v) is 6.65. The number of alkyl halides is 2. The van der Waals surface area contributed by atoms with Crippen molar-refractivity contribution in [2.75, 3.05) is 18.5 Å². The molecule has 0 saturated heterocycles. The number of rotatable bonds is 6. The molecule has 1 aliphatic heterocycles. The Balaban J connectivity index is 1.50. The van der Waals surface area contributed by atoms with E-state index in [4.69, 9.17) is 26.1 Å². The molecule has 1 amide bonds. The molecule has 1 unspecified atom stereocenters. The van der Waals surface area contributed by atoms with E-state index in [2.05, 4.69) is 22.5 Å². The zero-order valence-corrected chi connectivity index (χ0v) is 23.2. The number of amides is 1. The topological polar surface area (TPSA) is 81.0 Å². The van der Waals surface area contributed by atoms with Crippen molar-refractivity contribution in [3.05, 3.63) is 76.9 Å². The Morgan fingerprint density at radius 1 is 1.12 bits per heavy atom. The summed E-state index contributed by atoms with van der Waals surface area (Å²) in [5.74, 6) is 0.550. The van der Waals surface area contributed by atoms with Crippen molar-refractivity contribution in [3.8, 4) is 16.9 Å². The summed E-state index contributed by atoms with van der Waals surface area (Å²) in [6, 6.07) is 16.4. The van der Waals surface area contributed by atoms with E-state index < -0.39 is 30.9 Å². The molecular formula is C29H30ClF2N5O3. The van der Waals surface area contributed by atoms with E-state index in [9.17, 15) is 13.6 Å². The molecule has 5 rings (SSSR count). The Bertz CT molecular complexity index is 1520. The van der Waals surface area contributed by atoms with Crippen LogP contribution in [0.1, 0.15) is 31.9 Å². The lowest BCUT2D eigenvalue weighted by atomic mass is 10.0. The summed E-state index contributed by atoms with van der Waals surface area (Å²) in [6.45, 7) is 5.21. The first-order chi connectivity index (χ1) is 19.1. The van der Waals surface area contributed by atoms with Crippen LogP contribution >= 0.6 is 11.6 Å². The number of nitrogens with one attached hydrogen (secondary N) is 1. The number of hydrogen-bond donors (Lipinski definition) is 1. The van der Waals surface area contributed by atoms with E-state index in [1.807, 2.05) is 32.9 Å². The van der Waals surface area contributed by atoms with Gasteiger partial charge in [0.1, 0.15) is 24.1 Å². The molecule has 0 fully saturated rings. The minimum Gasteiger partial charge on any atom is -0.487 e. The van der Waals surface area contributed by atoms with Crippen LogP contribution in [0.4, 0.5) is 19.5 Å². The van der Waals surface area contributed by atoms with Crippen LogP contribution in [0.25, 0.3) is 16.8 Å². The van der Waals surface area contributed by atoms with Crippen LogP contribution < -0.4 is 10.1 Å². The van der Waals surface area contributed by atoms with Crippen LogP contribution in [0.15, 0.2) is 60.8 Å². The summed E-state index contributed by atoms with van der Waals surface area (Å²) in [5, 5.41) is 8.36. The lowest BCUT2D eigenvalue weighted by Gasteiger charge is -2.32. The summed E-state index contributed by atoms with van der Waals surface area (Å²) in [7, 11) is 0. The molecule has 0 spiro atoms. The summed E-state index contributed by atoms with van der Waals surface area (Å²) in [6.07, 6.45) is -0.585. The van der Waals surface area contributed by atoms with E-state index in [1.54, 1.807) is 45.9 Å². The SMILES string of the molecule is CC(C)(C)OC(=O)N1CCc2ccccc2CC1Nc1nc2c(-c3cc(Cl)ccc3OCC(F)F)cccn2n1. The number of halogens is 3. The molecule has 40 heavy (non-hydrogen) atoms. The van der Waals surface area contributed by atoms with Gasteiger partial charge in [0.05, 0.1) is 0 Å². The molecule has 4 aromatic rings. The highest BCUT2D eigenvalue weighted by Crippen LogP contribution is 2.35. The maximum Gasteiger partial charge on any atom is 0.411 e.